The number of nitrogens with zero attached hydrogens (tertiary/aromatic N) is 2. The minimum Gasteiger partial charge on any atom is -0.325 e. The maximum Gasteiger partial charge on any atom is 0.186 e. The fourth-order valence-electron chi connectivity index (χ4n) is 1.84. The molecule has 1 heterocycles. The second-order valence-corrected chi connectivity index (χ2v) is 4.89. The number of hydrogen-bond acceptors (Lipinski definition) is 2. The number of ketones is 1. The van der Waals surface area contributed by atoms with Crippen LogP contribution in [0.15, 0.2) is 30.6 Å². The van der Waals surface area contributed by atoms with Crippen molar-refractivity contribution < 1.29 is 4.79 Å². The summed E-state index contributed by atoms with van der Waals surface area (Å²) in [5.74, 6) is 0.735. The summed E-state index contributed by atoms with van der Waals surface area (Å²) in [6, 6.07) is 4.54. The first-order chi connectivity index (χ1) is 8.50. The molecular formula is C13H12Cl2N2O. The SMILES string of the molecule is Cc1nccn1C(C)C(=O)c1ccc(Cl)cc1Cl. The van der Waals surface area contributed by atoms with E-state index in [0.717, 1.165) is 5.82 Å². The summed E-state index contributed by atoms with van der Waals surface area (Å²) in [7, 11) is 0. The molecule has 0 aliphatic carbocycles. The Morgan fingerprint density at radius 1 is 1.39 bits per heavy atom. The number of halogens is 2. The molecule has 2 aromatic rings. The number of imidazole rings is 1. The van der Waals surface area contributed by atoms with Crippen LogP contribution in [-0.2, 0) is 0 Å². The lowest BCUT2D eigenvalue weighted by molar-refractivity contribution is 0.0934. The average Bonchev–Trinajstić information content (AvgIpc) is 2.74. The molecule has 1 aromatic heterocycles. The maximum atomic E-state index is 12.4. The molecule has 1 atom stereocenters. The van der Waals surface area contributed by atoms with E-state index in [4.69, 9.17) is 23.2 Å². The molecule has 0 radical (unpaired) electrons. The number of Topliss-reactive ketones (excluding diaryl/α,β-unsaturated/α-hetero) is 1. The van der Waals surface area contributed by atoms with Gasteiger partial charge in [0.05, 0.1) is 11.1 Å². The van der Waals surface area contributed by atoms with Gasteiger partial charge in [0.2, 0.25) is 0 Å². The highest BCUT2D eigenvalue weighted by Gasteiger charge is 2.20. The van der Waals surface area contributed by atoms with Crippen molar-refractivity contribution in [3.8, 4) is 0 Å². The molecule has 0 saturated carbocycles. The van der Waals surface area contributed by atoms with E-state index in [1.165, 1.54) is 0 Å². The number of hydrogen-bond donors (Lipinski definition) is 0. The molecule has 0 amide bonds. The third kappa shape index (κ3) is 2.42. The highest BCUT2D eigenvalue weighted by molar-refractivity contribution is 6.36. The summed E-state index contributed by atoms with van der Waals surface area (Å²) in [5, 5.41) is 0.889. The highest BCUT2D eigenvalue weighted by atomic mass is 35.5. The fraction of sp³-hybridized carbons (Fsp3) is 0.231. The summed E-state index contributed by atoms with van der Waals surface area (Å²) < 4.78 is 1.81. The second-order valence-electron chi connectivity index (χ2n) is 4.05. The first-order valence-electron chi connectivity index (χ1n) is 5.49. The number of aromatic nitrogens is 2. The second kappa shape index (κ2) is 5.12. The molecular weight excluding hydrogens is 271 g/mol. The van der Waals surface area contributed by atoms with Crippen LogP contribution in [0.1, 0.15) is 29.1 Å². The Hall–Kier alpha value is -1.32. The molecule has 0 N–H and O–H groups in total. The topological polar surface area (TPSA) is 34.9 Å². The van der Waals surface area contributed by atoms with Gasteiger partial charge >= 0.3 is 0 Å². The van der Waals surface area contributed by atoms with Gasteiger partial charge in [-0.15, -0.1) is 0 Å². The van der Waals surface area contributed by atoms with Gasteiger partial charge in [-0.3, -0.25) is 4.79 Å². The van der Waals surface area contributed by atoms with E-state index in [1.54, 1.807) is 30.6 Å². The van der Waals surface area contributed by atoms with Crippen LogP contribution in [-0.4, -0.2) is 15.3 Å². The summed E-state index contributed by atoms with van der Waals surface area (Å²) in [5.41, 5.74) is 0.474. The quantitative estimate of drug-likeness (QED) is 0.800. The summed E-state index contributed by atoms with van der Waals surface area (Å²) in [6.07, 6.45) is 3.45. The minimum absolute atomic E-state index is 0.0576. The number of carbonyl (C=O) groups is 1. The summed E-state index contributed by atoms with van der Waals surface area (Å²) >= 11 is 11.9. The molecule has 94 valence electrons. The van der Waals surface area contributed by atoms with E-state index in [0.29, 0.717) is 15.6 Å². The van der Waals surface area contributed by atoms with E-state index >= 15 is 0 Å². The average molecular weight is 283 g/mol. The number of benzene rings is 1. The van der Waals surface area contributed by atoms with E-state index in [1.807, 2.05) is 18.4 Å². The number of carbonyl (C=O) groups excluding carboxylic acids is 1. The van der Waals surface area contributed by atoms with Gasteiger partial charge in [0.15, 0.2) is 5.78 Å². The smallest absolute Gasteiger partial charge is 0.186 e. The van der Waals surface area contributed by atoms with Crippen LogP contribution in [0.25, 0.3) is 0 Å². The molecule has 5 heteroatoms. The van der Waals surface area contributed by atoms with Gasteiger partial charge < -0.3 is 4.57 Å². The van der Waals surface area contributed by atoms with Crippen LogP contribution in [0.5, 0.6) is 0 Å². The van der Waals surface area contributed by atoms with Crippen molar-refractivity contribution in [1.29, 1.82) is 0 Å². The zero-order valence-electron chi connectivity index (χ0n) is 10.0. The Morgan fingerprint density at radius 3 is 2.67 bits per heavy atom. The Balaban J connectivity index is 2.34. The van der Waals surface area contributed by atoms with Crippen LogP contribution >= 0.6 is 23.2 Å². The molecule has 0 bridgehead atoms. The molecule has 3 nitrogen and oxygen atoms in total. The monoisotopic (exact) mass is 282 g/mol. The maximum absolute atomic E-state index is 12.4. The lowest BCUT2D eigenvalue weighted by Gasteiger charge is -2.14. The first-order valence-corrected chi connectivity index (χ1v) is 6.25. The van der Waals surface area contributed by atoms with Gasteiger partial charge in [0, 0.05) is 23.0 Å². The standard InChI is InChI=1S/C13H12Cl2N2O/c1-8(17-6-5-16-9(17)2)13(18)11-4-3-10(14)7-12(11)15/h3-8H,1-2H3. The molecule has 2 rings (SSSR count). The molecule has 1 aromatic carbocycles. The first kappa shape index (κ1) is 13.1. The van der Waals surface area contributed by atoms with Crippen molar-refractivity contribution in [2.75, 3.05) is 0 Å². The van der Waals surface area contributed by atoms with Crippen LogP contribution < -0.4 is 0 Å². The van der Waals surface area contributed by atoms with Gasteiger partial charge in [-0.05, 0) is 32.0 Å². The normalized spacial score (nSPS) is 12.4. The molecule has 0 aliphatic rings. The molecule has 1 unspecified atom stereocenters. The largest absolute Gasteiger partial charge is 0.325 e. The Kier molecular flexibility index (Phi) is 3.73. The highest BCUT2D eigenvalue weighted by Crippen LogP contribution is 2.25. The van der Waals surface area contributed by atoms with Crippen LogP contribution in [0, 0.1) is 6.92 Å². The van der Waals surface area contributed by atoms with Crippen molar-refractivity contribution in [2.24, 2.45) is 0 Å². The molecule has 0 aliphatic heterocycles. The predicted molar refractivity (Wildman–Crippen MR) is 72.5 cm³/mol. The zero-order valence-corrected chi connectivity index (χ0v) is 11.5. The molecule has 18 heavy (non-hydrogen) atoms. The van der Waals surface area contributed by atoms with Gasteiger partial charge in [-0.1, -0.05) is 23.2 Å². The van der Waals surface area contributed by atoms with Gasteiger partial charge in [-0.2, -0.15) is 0 Å². The third-order valence-corrected chi connectivity index (χ3v) is 3.40. The molecule has 0 spiro atoms. The zero-order chi connectivity index (χ0) is 13.3. The lowest BCUT2D eigenvalue weighted by atomic mass is 10.1. The van der Waals surface area contributed by atoms with E-state index in [-0.39, 0.29) is 11.8 Å². The predicted octanol–water partition coefficient (Wildman–Crippen LogP) is 3.94. The third-order valence-electron chi connectivity index (χ3n) is 2.86. The Morgan fingerprint density at radius 2 is 2.11 bits per heavy atom. The van der Waals surface area contributed by atoms with E-state index in [2.05, 4.69) is 4.98 Å². The number of rotatable bonds is 3. The Bertz CT molecular complexity index is 592. The minimum atomic E-state index is -0.342. The summed E-state index contributed by atoms with van der Waals surface area (Å²) in [6.45, 7) is 3.68. The van der Waals surface area contributed by atoms with E-state index in [9.17, 15) is 4.79 Å². The van der Waals surface area contributed by atoms with Crippen molar-refractivity contribution in [2.45, 2.75) is 19.9 Å². The van der Waals surface area contributed by atoms with E-state index < -0.39 is 0 Å². The van der Waals surface area contributed by atoms with Gasteiger partial charge in [-0.25, -0.2) is 4.98 Å². The van der Waals surface area contributed by atoms with Crippen LogP contribution in [0.4, 0.5) is 0 Å². The molecule has 0 fully saturated rings. The summed E-state index contributed by atoms with van der Waals surface area (Å²) in [4.78, 5) is 16.5. The van der Waals surface area contributed by atoms with Crippen LogP contribution in [0.2, 0.25) is 10.0 Å². The fourth-order valence-corrected chi connectivity index (χ4v) is 2.34. The number of aryl methyl sites for hydroxylation is 1. The van der Waals surface area contributed by atoms with Crippen LogP contribution in [0.3, 0.4) is 0 Å². The van der Waals surface area contributed by atoms with Crippen molar-refractivity contribution in [3.05, 3.63) is 52.0 Å². The van der Waals surface area contributed by atoms with Gasteiger partial charge in [0.1, 0.15) is 5.82 Å². The lowest BCUT2D eigenvalue weighted by Crippen LogP contribution is -2.17. The van der Waals surface area contributed by atoms with Gasteiger partial charge in [0.25, 0.3) is 0 Å². The molecule has 0 saturated heterocycles. The van der Waals surface area contributed by atoms with Crippen molar-refractivity contribution in [3.63, 3.8) is 0 Å². The van der Waals surface area contributed by atoms with Crippen molar-refractivity contribution >= 4 is 29.0 Å². The van der Waals surface area contributed by atoms with Crippen molar-refractivity contribution in [1.82, 2.24) is 9.55 Å². The Labute approximate surface area is 115 Å².